The number of aryl methyl sites for hydroxylation is 1. The second-order valence-electron chi connectivity index (χ2n) is 5.07. The van der Waals surface area contributed by atoms with Gasteiger partial charge in [0.05, 0.1) is 13.2 Å². The first-order chi connectivity index (χ1) is 10.2. The van der Waals surface area contributed by atoms with Crippen LogP contribution in [-0.4, -0.2) is 23.2 Å². The molecule has 2 heterocycles. The van der Waals surface area contributed by atoms with Gasteiger partial charge in [-0.15, -0.1) is 0 Å². The zero-order valence-electron chi connectivity index (χ0n) is 12.3. The number of nitrogens with two attached hydrogens (primary N) is 1. The minimum atomic E-state index is 0.531. The first-order valence-electron chi connectivity index (χ1n) is 7.22. The summed E-state index contributed by atoms with van der Waals surface area (Å²) in [7, 11) is 0. The Morgan fingerprint density at radius 3 is 2.67 bits per heavy atom. The van der Waals surface area contributed by atoms with Crippen molar-refractivity contribution in [1.82, 2.24) is 9.97 Å². The minimum absolute atomic E-state index is 0.531. The van der Waals surface area contributed by atoms with Crippen LogP contribution in [0, 0.1) is 6.92 Å². The van der Waals surface area contributed by atoms with Gasteiger partial charge in [-0.3, -0.25) is 0 Å². The van der Waals surface area contributed by atoms with Crippen molar-refractivity contribution in [3.05, 3.63) is 29.5 Å². The molecule has 0 saturated heterocycles. The summed E-state index contributed by atoms with van der Waals surface area (Å²) in [5.41, 5.74) is 8.81. The number of anilines is 1. The number of nitrogens with zero attached hydrogens (tertiary/aromatic N) is 2. The van der Waals surface area contributed by atoms with Gasteiger partial charge in [-0.05, 0) is 31.5 Å². The lowest BCUT2D eigenvalue weighted by molar-refractivity contribution is 0.297. The highest BCUT2D eigenvalue weighted by atomic mass is 16.5. The molecule has 2 N–H and O–H groups in total. The Morgan fingerprint density at radius 1 is 1.14 bits per heavy atom. The van der Waals surface area contributed by atoms with Crippen LogP contribution in [0.4, 0.5) is 5.82 Å². The van der Waals surface area contributed by atoms with Gasteiger partial charge >= 0.3 is 0 Å². The molecule has 0 atom stereocenters. The molecule has 1 aliphatic heterocycles. The quantitative estimate of drug-likeness (QED) is 0.918. The fourth-order valence-corrected chi connectivity index (χ4v) is 2.36. The summed E-state index contributed by atoms with van der Waals surface area (Å²) in [6.07, 6.45) is 1.72. The predicted octanol–water partition coefficient (Wildman–Crippen LogP) is 2.76. The molecule has 2 aromatic rings. The second-order valence-corrected chi connectivity index (χ2v) is 5.07. The average Bonchev–Trinajstić information content (AvgIpc) is 2.74. The zero-order chi connectivity index (χ0) is 14.8. The Balaban J connectivity index is 2.04. The number of ether oxygens (including phenoxy) is 2. The van der Waals surface area contributed by atoms with Crippen LogP contribution in [0.25, 0.3) is 11.4 Å². The van der Waals surface area contributed by atoms with Gasteiger partial charge < -0.3 is 15.2 Å². The molecule has 0 radical (unpaired) electrons. The van der Waals surface area contributed by atoms with Gasteiger partial charge in [-0.1, -0.05) is 6.92 Å². The highest BCUT2D eigenvalue weighted by molar-refractivity contribution is 5.63. The van der Waals surface area contributed by atoms with Gasteiger partial charge in [-0.25, -0.2) is 9.97 Å². The number of benzene rings is 1. The summed E-state index contributed by atoms with van der Waals surface area (Å²) < 4.78 is 11.3. The van der Waals surface area contributed by atoms with E-state index in [4.69, 9.17) is 15.2 Å². The van der Waals surface area contributed by atoms with Crippen LogP contribution in [0.5, 0.6) is 11.5 Å². The Bertz CT molecular complexity index is 671. The molecule has 5 nitrogen and oxygen atoms in total. The van der Waals surface area contributed by atoms with Crippen molar-refractivity contribution in [2.24, 2.45) is 0 Å². The molecule has 21 heavy (non-hydrogen) atoms. The normalized spacial score (nSPS) is 13.8. The number of rotatable bonds is 2. The third-order valence-electron chi connectivity index (χ3n) is 3.62. The van der Waals surface area contributed by atoms with E-state index >= 15 is 0 Å². The Labute approximate surface area is 124 Å². The second kappa shape index (κ2) is 5.60. The first kappa shape index (κ1) is 13.7. The molecule has 1 aliphatic rings. The van der Waals surface area contributed by atoms with Gasteiger partial charge in [0.1, 0.15) is 5.82 Å². The van der Waals surface area contributed by atoms with E-state index in [-0.39, 0.29) is 0 Å². The van der Waals surface area contributed by atoms with Gasteiger partial charge in [0.2, 0.25) is 0 Å². The number of hydrogen-bond donors (Lipinski definition) is 1. The maximum absolute atomic E-state index is 5.99. The van der Waals surface area contributed by atoms with Crippen molar-refractivity contribution in [1.29, 1.82) is 0 Å². The summed E-state index contributed by atoms with van der Waals surface area (Å²) >= 11 is 0. The summed E-state index contributed by atoms with van der Waals surface area (Å²) in [5.74, 6) is 2.67. The maximum atomic E-state index is 5.99. The van der Waals surface area contributed by atoms with Crippen molar-refractivity contribution in [2.45, 2.75) is 26.7 Å². The summed E-state index contributed by atoms with van der Waals surface area (Å²) in [6, 6.07) is 5.77. The largest absolute Gasteiger partial charge is 0.490 e. The number of fused-ring (bicyclic) bond motifs is 1. The van der Waals surface area contributed by atoms with Gasteiger partial charge in [-0.2, -0.15) is 0 Å². The van der Waals surface area contributed by atoms with Crippen LogP contribution in [0.15, 0.2) is 18.2 Å². The number of hydrogen-bond acceptors (Lipinski definition) is 5. The van der Waals surface area contributed by atoms with E-state index in [1.807, 2.05) is 25.1 Å². The molecule has 0 aliphatic carbocycles. The summed E-state index contributed by atoms with van der Waals surface area (Å²) in [6.45, 7) is 5.35. The molecule has 0 saturated carbocycles. The SMILES string of the molecule is CCc1nc(-c2ccc3c(c2)OCCCO3)nc(N)c1C. The summed E-state index contributed by atoms with van der Waals surface area (Å²) in [4.78, 5) is 9.00. The Kier molecular flexibility index (Phi) is 3.64. The van der Waals surface area contributed by atoms with Crippen LogP contribution in [0.3, 0.4) is 0 Å². The molecule has 1 aromatic carbocycles. The van der Waals surface area contributed by atoms with Crippen molar-refractivity contribution >= 4 is 5.82 Å². The molecule has 0 spiro atoms. The van der Waals surface area contributed by atoms with E-state index in [0.717, 1.165) is 41.2 Å². The van der Waals surface area contributed by atoms with Crippen LogP contribution in [-0.2, 0) is 6.42 Å². The van der Waals surface area contributed by atoms with Gasteiger partial charge in [0.15, 0.2) is 17.3 Å². The van der Waals surface area contributed by atoms with E-state index in [2.05, 4.69) is 16.9 Å². The lowest BCUT2D eigenvalue weighted by Gasteiger charge is -2.11. The maximum Gasteiger partial charge on any atom is 0.161 e. The lowest BCUT2D eigenvalue weighted by Crippen LogP contribution is -2.04. The molecule has 1 aromatic heterocycles. The van der Waals surface area contributed by atoms with Crippen molar-refractivity contribution in [3.8, 4) is 22.9 Å². The fraction of sp³-hybridized carbons (Fsp3) is 0.375. The number of nitrogen functional groups attached to an aromatic ring is 1. The van der Waals surface area contributed by atoms with Crippen molar-refractivity contribution < 1.29 is 9.47 Å². The van der Waals surface area contributed by atoms with E-state index < -0.39 is 0 Å². The monoisotopic (exact) mass is 285 g/mol. The molecule has 0 amide bonds. The smallest absolute Gasteiger partial charge is 0.161 e. The van der Waals surface area contributed by atoms with Crippen molar-refractivity contribution in [3.63, 3.8) is 0 Å². The molecular weight excluding hydrogens is 266 g/mol. The van der Waals surface area contributed by atoms with E-state index in [0.29, 0.717) is 24.9 Å². The molecule has 3 rings (SSSR count). The van der Waals surface area contributed by atoms with E-state index in [1.165, 1.54) is 0 Å². The lowest BCUT2D eigenvalue weighted by atomic mass is 10.1. The third kappa shape index (κ3) is 2.63. The van der Waals surface area contributed by atoms with Gasteiger partial charge in [0.25, 0.3) is 0 Å². The molecular formula is C16H19N3O2. The van der Waals surface area contributed by atoms with Crippen LogP contribution >= 0.6 is 0 Å². The predicted molar refractivity (Wildman–Crippen MR) is 81.6 cm³/mol. The van der Waals surface area contributed by atoms with E-state index in [1.54, 1.807) is 0 Å². The average molecular weight is 285 g/mol. The Morgan fingerprint density at radius 2 is 1.90 bits per heavy atom. The first-order valence-corrected chi connectivity index (χ1v) is 7.22. The van der Waals surface area contributed by atoms with Crippen LogP contribution in [0.1, 0.15) is 24.6 Å². The van der Waals surface area contributed by atoms with Crippen molar-refractivity contribution in [2.75, 3.05) is 18.9 Å². The van der Waals surface area contributed by atoms with Crippen LogP contribution in [0.2, 0.25) is 0 Å². The minimum Gasteiger partial charge on any atom is -0.490 e. The molecule has 0 bridgehead atoms. The zero-order valence-corrected chi connectivity index (χ0v) is 12.3. The third-order valence-corrected chi connectivity index (χ3v) is 3.62. The molecule has 110 valence electrons. The standard InChI is InChI=1S/C16H19N3O2/c1-3-12-10(2)15(17)19-16(18-12)11-5-6-13-14(9-11)21-8-4-7-20-13/h5-6,9H,3-4,7-8H2,1-2H3,(H2,17,18,19). The van der Waals surface area contributed by atoms with Gasteiger partial charge in [0, 0.05) is 23.2 Å². The number of aromatic nitrogens is 2. The fourth-order valence-electron chi connectivity index (χ4n) is 2.36. The molecule has 0 fully saturated rings. The molecule has 5 heteroatoms. The highest BCUT2D eigenvalue weighted by Gasteiger charge is 2.14. The Hall–Kier alpha value is -2.30. The summed E-state index contributed by atoms with van der Waals surface area (Å²) in [5, 5.41) is 0. The van der Waals surface area contributed by atoms with E-state index in [9.17, 15) is 0 Å². The highest BCUT2D eigenvalue weighted by Crippen LogP contribution is 2.33. The molecule has 0 unspecified atom stereocenters. The topological polar surface area (TPSA) is 70.3 Å². The van der Waals surface area contributed by atoms with Crippen LogP contribution < -0.4 is 15.2 Å².